The van der Waals surface area contributed by atoms with Gasteiger partial charge in [-0.15, -0.1) is 0 Å². The molecule has 2 nitrogen and oxygen atoms in total. The van der Waals surface area contributed by atoms with E-state index in [1.54, 1.807) is 0 Å². The summed E-state index contributed by atoms with van der Waals surface area (Å²) in [6, 6.07) is 0. The van der Waals surface area contributed by atoms with Crippen molar-refractivity contribution in [2.24, 2.45) is 7.05 Å². The number of aromatic nitrogens is 2. The van der Waals surface area contributed by atoms with Crippen LogP contribution in [-0.4, -0.2) is 9.55 Å². The van der Waals surface area contributed by atoms with Crippen molar-refractivity contribution in [1.82, 2.24) is 9.55 Å². The fraction of sp³-hybridized carbons (Fsp3) is 0.700. The number of nitrogens with zero attached hydrogens (tertiary/aromatic N) is 2. The Morgan fingerprint density at radius 3 is 1.83 bits per heavy atom. The van der Waals surface area contributed by atoms with Gasteiger partial charge in [0.1, 0.15) is 5.82 Å². The fourth-order valence-corrected chi connectivity index (χ4v) is 1.39. The molecule has 0 aliphatic rings. The van der Waals surface area contributed by atoms with E-state index < -0.39 is 0 Å². The summed E-state index contributed by atoms with van der Waals surface area (Å²) < 4.78 is 2.18. The molecule has 2 heteroatoms. The second-order valence-electron chi connectivity index (χ2n) is 4.42. The molecule has 0 aliphatic carbocycles. The molecule has 12 heavy (non-hydrogen) atoms. The molecule has 1 heterocycles. The van der Waals surface area contributed by atoms with Crippen molar-refractivity contribution in [1.29, 1.82) is 0 Å². The van der Waals surface area contributed by atoms with Crippen molar-refractivity contribution in [3.05, 3.63) is 17.2 Å². The molecule has 0 atom stereocenters. The Labute approximate surface area is 74.6 Å². The van der Waals surface area contributed by atoms with E-state index in [0.717, 1.165) is 11.5 Å². The lowest BCUT2D eigenvalue weighted by Gasteiger charge is -2.17. The van der Waals surface area contributed by atoms with E-state index in [-0.39, 0.29) is 5.41 Å². The smallest absolute Gasteiger partial charge is 0.114 e. The van der Waals surface area contributed by atoms with E-state index in [1.807, 2.05) is 0 Å². The number of imidazole rings is 1. The van der Waals surface area contributed by atoms with Gasteiger partial charge in [-0.25, -0.2) is 4.98 Å². The van der Waals surface area contributed by atoms with Crippen LogP contribution in [0, 0.1) is 13.8 Å². The van der Waals surface area contributed by atoms with Crippen LogP contribution < -0.4 is 0 Å². The summed E-state index contributed by atoms with van der Waals surface area (Å²) in [5, 5.41) is 0. The van der Waals surface area contributed by atoms with Gasteiger partial charge >= 0.3 is 0 Å². The average molecular weight is 166 g/mol. The second-order valence-corrected chi connectivity index (χ2v) is 4.42. The van der Waals surface area contributed by atoms with Gasteiger partial charge in [-0.3, -0.25) is 0 Å². The first-order valence-corrected chi connectivity index (χ1v) is 4.34. The van der Waals surface area contributed by atoms with E-state index in [0.29, 0.717) is 0 Å². The zero-order valence-corrected chi connectivity index (χ0v) is 8.89. The molecule has 0 saturated carbocycles. The van der Waals surface area contributed by atoms with Crippen molar-refractivity contribution in [2.45, 2.75) is 40.0 Å². The summed E-state index contributed by atoms with van der Waals surface area (Å²) in [7, 11) is 2.08. The fourth-order valence-electron chi connectivity index (χ4n) is 1.39. The lowest BCUT2D eigenvalue weighted by atomic mass is 9.96. The minimum Gasteiger partial charge on any atom is -0.335 e. The minimum atomic E-state index is 0.147. The first-order valence-electron chi connectivity index (χ1n) is 4.34. The van der Waals surface area contributed by atoms with Gasteiger partial charge in [0, 0.05) is 18.2 Å². The van der Waals surface area contributed by atoms with E-state index in [1.165, 1.54) is 5.69 Å². The van der Waals surface area contributed by atoms with Crippen molar-refractivity contribution >= 4 is 0 Å². The van der Waals surface area contributed by atoms with Crippen LogP contribution in [0.25, 0.3) is 0 Å². The topological polar surface area (TPSA) is 17.8 Å². The SMILES string of the molecule is Cc1nc(C(C)(C)C)n(C)c1C. The highest BCUT2D eigenvalue weighted by atomic mass is 15.1. The molecule has 68 valence electrons. The zero-order chi connectivity index (χ0) is 9.52. The summed E-state index contributed by atoms with van der Waals surface area (Å²) >= 11 is 0. The summed E-state index contributed by atoms with van der Waals surface area (Å²) in [6.45, 7) is 10.7. The van der Waals surface area contributed by atoms with E-state index in [4.69, 9.17) is 0 Å². The van der Waals surface area contributed by atoms with Crippen LogP contribution in [0.2, 0.25) is 0 Å². The maximum absolute atomic E-state index is 4.54. The van der Waals surface area contributed by atoms with Gasteiger partial charge in [0.25, 0.3) is 0 Å². The van der Waals surface area contributed by atoms with Crippen molar-refractivity contribution in [3.63, 3.8) is 0 Å². The lowest BCUT2D eigenvalue weighted by Crippen LogP contribution is -2.17. The van der Waals surface area contributed by atoms with Crippen LogP contribution in [0.5, 0.6) is 0 Å². The Hall–Kier alpha value is -0.790. The van der Waals surface area contributed by atoms with Crippen LogP contribution in [0.4, 0.5) is 0 Å². The van der Waals surface area contributed by atoms with Gasteiger partial charge in [0.2, 0.25) is 0 Å². The van der Waals surface area contributed by atoms with Crippen molar-refractivity contribution in [2.75, 3.05) is 0 Å². The molecule has 0 fully saturated rings. The third-order valence-corrected chi connectivity index (χ3v) is 2.29. The quantitative estimate of drug-likeness (QED) is 0.578. The predicted molar refractivity (Wildman–Crippen MR) is 51.4 cm³/mol. The van der Waals surface area contributed by atoms with E-state index in [9.17, 15) is 0 Å². The molecule has 1 aromatic heterocycles. The van der Waals surface area contributed by atoms with E-state index in [2.05, 4.69) is 51.2 Å². The number of rotatable bonds is 0. The number of hydrogen-bond donors (Lipinski definition) is 0. The molecular weight excluding hydrogens is 148 g/mol. The van der Waals surface area contributed by atoms with Crippen LogP contribution in [0.1, 0.15) is 38.0 Å². The first kappa shape index (κ1) is 9.30. The zero-order valence-electron chi connectivity index (χ0n) is 8.89. The summed E-state index contributed by atoms with van der Waals surface area (Å²) in [5.41, 5.74) is 2.55. The summed E-state index contributed by atoms with van der Waals surface area (Å²) in [4.78, 5) is 4.54. The molecule has 0 saturated heterocycles. The molecular formula is C10H18N2. The van der Waals surface area contributed by atoms with Crippen LogP contribution in [-0.2, 0) is 12.5 Å². The average Bonchev–Trinajstić information content (AvgIpc) is 2.15. The normalized spacial score (nSPS) is 12.2. The maximum Gasteiger partial charge on any atom is 0.114 e. The summed E-state index contributed by atoms with van der Waals surface area (Å²) in [5.74, 6) is 1.16. The second kappa shape index (κ2) is 2.61. The Balaban J connectivity index is 3.28. The van der Waals surface area contributed by atoms with Gasteiger partial charge in [-0.1, -0.05) is 20.8 Å². The third kappa shape index (κ3) is 1.38. The predicted octanol–water partition coefficient (Wildman–Crippen LogP) is 2.33. The Morgan fingerprint density at radius 2 is 1.67 bits per heavy atom. The van der Waals surface area contributed by atoms with Gasteiger partial charge in [0.15, 0.2) is 0 Å². The number of aryl methyl sites for hydroxylation is 1. The molecule has 1 rings (SSSR count). The molecule has 0 radical (unpaired) electrons. The molecule has 0 spiro atoms. The molecule has 0 unspecified atom stereocenters. The van der Waals surface area contributed by atoms with Crippen LogP contribution in [0.3, 0.4) is 0 Å². The molecule has 0 amide bonds. The highest BCUT2D eigenvalue weighted by Crippen LogP contribution is 2.22. The monoisotopic (exact) mass is 166 g/mol. The Bertz CT molecular complexity index is 290. The Morgan fingerprint density at radius 1 is 1.17 bits per heavy atom. The standard InChI is InChI=1S/C10H18N2/c1-7-8(2)12(6)9(11-7)10(3,4)5/h1-6H3. The van der Waals surface area contributed by atoms with Gasteiger partial charge < -0.3 is 4.57 Å². The molecule has 0 aliphatic heterocycles. The van der Waals surface area contributed by atoms with Gasteiger partial charge in [-0.05, 0) is 13.8 Å². The summed E-state index contributed by atoms with van der Waals surface area (Å²) in [6.07, 6.45) is 0. The molecule has 1 aromatic rings. The molecule has 0 N–H and O–H groups in total. The Kier molecular flexibility index (Phi) is 2.02. The third-order valence-electron chi connectivity index (χ3n) is 2.29. The van der Waals surface area contributed by atoms with Gasteiger partial charge in [-0.2, -0.15) is 0 Å². The number of hydrogen-bond acceptors (Lipinski definition) is 1. The first-order chi connectivity index (χ1) is 5.34. The largest absolute Gasteiger partial charge is 0.335 e. The van der Waals surface area contributed by atoms with E-state index >= 15 is 0 Å². The maximum atomic E-state index is 4.54. The van der Waals surface area contributed by atoms with Crippen molar-refractivity contribution in [3.8, 4) is 0 Å². The molecule has 0 aromatic carbocycles. The van der Waals surface area contributed by atoms with Crippen LogP contribution >= 0.6 is 0 Å². The van der Waals surface area contributed by atoms with Gasteiger partial charge in [0.05, 0.1) is 5.69 Å². The highest BCUT2D eigenvalue weighted by molar-refractivity contribution is 5.17. The lowest BCUT2D eigenvalue weighted by molar-refractivity contribution is 0.520. The van der Waals surface area contributed by atoms with Crippen LogP contribution in [0.15, 0.2) is 0 Å². The minimum absolute atomic E-state index is 0.147. The highest BCUT2D eigenvalue weighted by Gasteiger charge is 2.20. The van der Waals surface area contributed by atoms with Crippen molar-refractivity contribution < 1.29 is 0 Å². The molecule has 0 bridgehead atoms.